The Morgan fingerprint density at radius 3 is 1.27 bits per heavy atom. The van der Waals surface area contributed by atoms with Crippen molar-refractivity contribution < 1.29 is 28.6 Å². The molecule has 52 heavy (non-hydrogen) atoms. The van der Waals surface area contributed by atoms with Gasteiger partial charge in [0.2, 0.25) is 0 Å². The summed E-state index contributed by atoms with van der Waals surface area (Å²) in [6.07, 6.45) is 45.7. The molecule has 0 heterocycles. The Labute approximate surface area is 321 Å². The zero-order valence-electron chi connectivity index (χ0n) is 34.3. The molecule has 0 aliphatic carbocycles. The van der Waals surface area contributed by atoms with Crippen LogP contribution in [0, 0.1) is 0 Å². The largest absolute Gasteiger partial charge is 0.462 e. The fourth-order valence-electron chi connectivity index (χ4n) is 6.05. The van der Waals surface area contributed by atoms with Gasteiger partial charge in [0.05, 0.1) is 0 Å². The van der Waals surface area contributed by atoms with Gasteiger partial charge in [-0.2, -0.15) is 0 Å². The minimum atomic E-state index is -0.783. The third kappa shape index (κ3) is 38.9. The highest BCUT2D eigenvalue weighted by molar-refractivity contribution is 5.71. The van der Waals surface area contributed by atoms with Crippen molar-refractivity contribution in [3.8, 4) is 0 Å². The quantitative estimate of drug-likeness (QED) is 0.0271. The van der Waals surface area contributed by atoms with E-state index >= 15 is 0 Å². The highest BCUT2D eigenvalue weighted by atomic mass is 16.6. The van der Waals surface area contributed by atoms with Crippen molar-refractivity contribution in [3.05, 3.63) is 36.5 Å². The van der Waals surface area contributed by atoms with Crippen molar-refractivity contribution in [3.63, 3.8) is 0 Å². The highest BCUT2D eigenvalue weighted by Gasteiger charge is 2.19. The molecule has 0 aromatic carbocycles. The van der Waals surface area contributed by atoms with Crippen LogP contribution in [0.25, 0.3) is 0 Å². The first-order valence-electron chi connectivity index (χ1n) is 22.0. The number of esters is 3. The molecule has 1 atom stereocenters. The maximum atomic E-state index is 12.6. The van der Waals surface area contributed by atoms with Gasteiger partial charge in [0, 0.05) is 19.3 Å². The Bertz CT molecular complexity index is 891. The van der Waals surface area contributed by atoms with Crippen molar-refractivity contribution in [1.82, 2.24) is 0 Å². The predicted molar refractivity (Wildman–Crippen MR) is 219 cm³/mol. The van der Waals surface area contributed by atoms with Crippen LogP contribution < -0.4 is 0 Å². The summed E-state index contributed by atoms with van der Waals surface area (Å²) < 4.78 is 16.6. The summed E-state index contributed by atoms with van der Waals surface area (Å²) in [7, 11) is 0. The number of hydrogen-bond acceptors (Lipinski definition) is 6. The summed E-state index contributed by atoms with van der Waals surface area (Å²) in [5, 5.41) is 0. The van der Waals surface area contributed by atoms with Crippen LogP contribution in [0.1, 0.15) is 220 Å². The number of allylic oxidation sites excluding steroid dienone is 6. The van der Waals surface area contributed by atoms with Gasteiger partial charge in [-0.1, -0.05) is 173 Å². The fourth-order valence-corrected chi connectivity index (χ4v) is 6.05. The van der Waals surface area contributed by atoms with Crippen LogP contribution in [0.3, 0.4) is 0 Å². The predicted octanol–water partition coefficient (Wildman–Crippen LogP) is 13.8. The van der Waals surface area contributed by atoms with Gasteiger partial charge in [0.25, 0.3) is 0 Å². The molecule has 302 valence electrons. The van der Waals surface area contributed by atoms with Crippen LogP contribution in [0.2, 0.25) is 0 Å². The number of carbonyl (C=O) groups is 3. The van der Waals surface area contributed by atoms with E-state index in [-0.39, 0.29) is 31.1 Å². The maximum absolute atomic E-state index is 12.6. The van der Waals surface area contributed by atoms with Gasteiger partial charge >= 0.3 is 17.9 Å². The first-order chi connectivity index (χ1) is 25.5. The van der Waals surface area contributed by atoms with Crippen molar-refractivity contribution in [2.24, 2.45) is 0 Å². The highest BCUT2D eigenvalue weighted by Crippen LogP contribution is 2.15. The minimum Gasteiger partial charge on any atom is -0.462 e. The van der Waals surface area contributed by atoms with Gasteiger partial charge in [0.15, 0.2) is 6.10 Å². The molecule has 0 radical (unpaired) electrons. The smallest absolute Gasteiger partial charge is 0.306 e. The molecular formula is C46H82O6. The molecule has 0 aliphatic heterocycles. The second kappa shape index (κ2) is 41.4. The van der Waals surface area contributed by atoms with E-state index in [0.717, 1.165) is 89.9 Å². The Balaban J connectivity index is 4.34. The van der Waals surface area contributed by atoms with Crippen LogP contribution in [0.5, 0.6) is 0 Å². The van der Waals surface area contributed by atoms with Crippen LogP contribution in [-0.2, 0) is 28.6 Å². The normalized spacial score (nSPS) is 12.3. The second-order valence-electron chi connectivity index (χ2n) is 14.6. The third-order valence-electron chi connectivity index (χ3n) is 9.38. The number of unbranched alkanes of at least 4 members (excludes halogenated alkanes) is 22. The second-order valence-corrected chi connectivity index (χ2v) is 14.6. The number of hydrogen-bond donors (Lipinski definition) is 0. The lowest BCUT2D eigenvalue weighted by atomic mass is 10.0. The lowest BCUT2D eigenvalue weighted by Crippen LogP contribution is -2.30. The zero-order chi connectivity index (χ0) is 38.0. The Morgan fingerprint density at radius 1 is 0.404 bits per heavy atom. The van der Waals surface area contributed by atoms with Crippen molar-refractivity contribution in [1.29, 1.82) is 0 Å². The molecule has 0 rings (SSSR count). The first-order valence-corrected chi connectivity index (χ1v) is 22.0. The standard InChI is InChI=1S/C46H82O6/c1-4-7-10-13-16-19-21-22-23-24-25-28-30-33-36-39-45(48)51-42-43(41-50-44(47)38-35-32-29-26-18-15-12-9-6-3)52-46(49)40-37-34-31-27-20-17-14-11-8-5-2/h9,12,14,17-18,26,43H,4-8,10-11,13,15-16,19-25,27-42H2,1-3H3/b12-9-,17-14-,26-18-. The van der Waals surface area contributed by atoms with Crippen LogP contribution in [0.4, 0.5) is 0 Å². The Hall–Kier alpha value is -2.37. The van der Waals surface area contributed by atoms with E-state index in [0.29, 0.717) is 19.3 Å². The number of carbonyl (C=O) groups excluding carboxylic acids is 3. The molecule has 6 nitrogen and oxygen atoms in total. The Kier molecular flexibility index (Phi) is 39.5. The molecule has 0 bridgehead atoms. The van der Waals surface area contributed by atoms with Gasteiger partial charge < -0.3 is 14.2 Å². The summed E-state index contributed by atoms with van der Waals surface area (Å²) in [5.41, 5.74) is 0. The Morgan fingerprint density at radius 2 is 0.769 bits per heavy atom. The number of ether oxygens (including phenoxy) is 3. The molecule has 6 heteroatoms. The van der Waals surface area contributed by atoms with Gasteiger partial charge in [-0.15, -0.1) is 0 Å². The molecule has 0 N–H and O–H groups in total. The maximum Gasteiger partial charge on any atom is 0.306 e. The van der Waals surface area contributed by atoms with Gasteiger partial charge in [-0.3, -0.25) is 14.4 Å². The molecule has 0 spiro atoms. The van der Waals surface area contributed by atoms with Crippen LogP contribution in [0.15, 0.2) is 36.5 Å². The van der Waals surface area contributed by atoms with Crippen LogP contribution in [-0.4, -0.2) is 37.2 Å². The molecule has 0 amide bonds. The molecule has 1 unspecified atom stereocenters. The zero-order valence-corrected chi connectivity index (χ0v) is 34.3. The molecule has 0 fully saturated rings. The van der Waals surface area contributed by atoms with E-state index in [1.165, 1.54) is 89.9 Å². The van der Waals surface area contributed by atoms with Crippen LogP contribution >= 0.6 is 0 Å². The summed E-state index contributed by atoms with van der Waals surface area (Å²) >= 11 is 0. The SMILES string of the molecule is CC/C=C\C/C=C\CCCCC(=O)OCC(COC(=O)CCCCCCCCCCCCCCCCC)OC(=O)CCCCCC/C=C\CCCC. The van der Waals surface area contributed by atoms with E-state index in [1.807, 2.05) is 0 Å². The summed E-state index contributed by atoms with van der Waals surface area (Å²) in [6.45, 7) is 6.42. The lowest BCUT2D eigenvalue weighted by Gasteiger charge is -2.18. The van der Waals surface area contributed by atoms with E-state index < -0.39 is 6.10 Å². The monoisotopic (exact) mass is 731 g/mol. The van der Waals surface area contributed by atoms with Gasteiger partial charge in [0.1, 0.15) is 13.2 Å². The minimum absolute atomic E-state index is 0.0851. The van der Waals surface area contributed by atoms with E-state index in [4.69, 9.17) is 14.2 Å². The van der Waals surface area contributed by atoms with E-state index in [1.54, 1.807) is 0 Å². The third-order valence-corrected chi connectivity index (χ3v) is 9.38. The summed E-state index contributed by atoms with van der Waals surface area (Å²) in [5.74, 6) is -0.938. The number of rotatable bonds is 39. The van der Waals surface area contributed by atoms with Gasteiger partial charge in [-0.25, -0.2) is 0 Å². The van der Waals surface area contributed by atoms with Crippen molar-refractivity contribution in [2.45, 2.75) is 226 Å². The average Bonchev–Trinajstić information content (AvgIpc) is 3.14. The molecule has 0 aromatic heterocycles. The summed E-state index contributed by atoms with van der Waals surface area (Å²) in [4.78, 5) is 37.5. The van der Waals surface area contributed by atoms with E-state index in [9.17, 15) is 14.4 Å². The first kappa shape index (κ1) is 49.6. The average molecular weight is 731 g/mol. The molecule has 0 saturated carbocycles. The molecular weight excluding hydrogens is 649 g/mol. The van der Waals surface area contributed by atoms with Gasteiger partial charge in [-0.05, 0) is 64.2 Å². The molecule has 0 aromatic rings. The molecule has 0 aliphatic rings. The molecule has 0 saturated heterocycles. The van der Waals surface area contributed by atoms with E-state index in [2.05, 4.69) is 57.2 Å². The lowest BCUT2D eigenvalue weighted by molar-refractivity contribution is -0.167. The van der Waals surface area contributed by atoms with Crippen molar-refractivity contribution >= 4 is 17.9 Å². The topological polar surface area (TPSA) is 78.9 Å². The van der Waals surface area contributed by atoms with Crippen molar-refractivity contribution in [2.75, 3.05) is 13.2 Å². The fraction of sp³-hybridized carbons (Fsp3) is 0.804. The summed E-state index contributed by atoms with van der Waals surface area (Å²) in [6, 6.07) is 0.